The molecule has 0 radical (unpaired) electrons. The lowest BCUT2D eigenvalue weighted by atomic mass is 9.90. The van der Waals surface area contributed by atoms with E-state index >= 15 is 0 Å². The Morgan fingerprint density at radius 3 is 2.19 bits per heavy atom. The average Bonchev–Trinajstić information content (AvgIpc) is 2.44. The Morgan fingerprint density at radius 2 is 1.69 bits per heavy atom. The minimum absolute atomic E-state index is 0.242. The Bertz CT molecular complexity index is 325. The topological polar surface area (TPSA) is 26.0 Å². The minimum atomic E-state index is 0.242. The molecule has 0 aliphatic rings. The first-order valence-electron chi connectivity index (χ1n) is 6.09. The molecule has 0 unspecified atom stereocenters. The van der Waals surface area contributed by atoms with Crippen molar-refractivity contribution in [3.63, 3.8) is 0 Å². The van der Waals surface area contributed by atoms with Crippen LogP contribution in [0.4, 0.5) is 0 Å². The molecule has 1 aromatic heterocycles. The van der Waals surface area contributed by atoms with Gasteiger partial charge in [0, 0.05) is 12.8 Å². The van der Waals surface area contributed by atoms with Crippen molar-refractivity contribution in [2.45, 2.75) is 60.8 Å². The van der Waals surface area contributed by atoms with Crippen LogP contribution in [0.5, 0.6) is 0 Å². The van der Waals surface area contributed by atoms with E-state index in [1.165, 1.54) is 0 Å². The predicted octanol–water partition coefficient (Wildman–Crippen LogP) is 4.24. The first-order chi connectivity index (χ1) is 7.16. The number of aryl methyl sites for hydroxylation is 1. The van der Waals surface area contributed by atoms with E-state index < -0.39 is 0 Å². The summed E-state index contributed by atoms with van der Waals surface area (Å²) in [6.45, 7) is 13.3. The van der Waals surface area contributed by atoms with Crippen LogP contribution < -0.4 is 0 Å². The Labute approximate surface area is 99.5 Å². The second-order valence-corrected chi connectivity index (χ2v) is 7.02. The maximum atomic E-state index is 5.74. The molecule has 2 nitrogen and oxygen atoms in total. The Kier molecular flexibility index (Phi) is 3.82. The first kappa shape index (κ1) is 13.3. The third-order valence-corrected chi connectivity index (χ3v) is 2.40. The maximum absolute atomic E-state index is 5.74. The summed E-state index contributed by atoms with van der Waals surface area (Å²) in [6, 6.07) is 0. The molecule has 1 aromatic rings. The zero-order valence-corrected chi connectivity index (χ0v) is 11.6. The normalized spacial score (nSPS) is 13.1. The lowest BCUT2D eigenvalue weighted by Gasteiger charge is -2.16. The number of hydrogen-bond donors (Lipinski definition) is 0. The van der Waals surface area contributed by atoms with Gasteiger partial charge in [-0.05, 0) is 17.3 Å². The first-order valence-corrected chi connectivity index (χ1v) is 6.09. The van der Waals surface area contributed by atoms with Crippen molar-refractivity contribution in [3.05, 3.63) is 17.8 Å². The molecule has 0 aliphatic carbocycles. The third-order valence-electron chi connectivity index (χ3n) is 2.40. The molecule has 0 saturated heterocycles. The van der Waals surface area contributed by atoms with E-state index in [9.17, 15) is 0 Å². The van der Waals surface area contributed by atoms with Crippen molar-refractivity contribution < 1.29 is 4.42 Å². The highest BCUT2D eigenvalue weighted by molar-refractivity contribution is 4.96. The van der Waals surface area contributed by atoms with Crippen LogP contribution in [0.25, 0.3) is 0 Å². The number of nitrogens with zero attached hydrogens (tertiary/aromatic N) is 1. The average molecular weight is 223 g/mol. The number of oxazole rings is 1. The van der Waals surface area contributed by atoms with Gasteiger partial charge in [0.2, 0.25) is 0 Å². The molecule has 0 amide bonds. The minimum Gasteiger partial charge on any atom is -0.446 e. The monoisotopic (exact) mass is 223 g/mol. The number of hydrogen-bond acceptors (Lipinski definition) is 2. The van der Waals surface area contributed by atoms with Crippen molar-refractivity contribution in [2.24, 2.45) is 10.8 Å². The van der Waals surface area contributed by atoms with Gasteiger partial charge in [-0.1, -0.05) is 41.5 Å². The van der Waals surface area contributed by atoms with Gasteiger partial charge >= 0.3 is 0 Å². The molecule has 0 aromatic carbocycles. The van der Waals surface area contributed by atoms with E-state index in [-0.39, 0.29) is 5.41 Å². The largest absolute Gasteiger partial charge is 0.446 e. The molecule has 2 heteroatoms. The van der Waals surface area contributed by atoms with Gasteiger partial charge in [-0.15, -0.1) is 0 Å². The van der Waals surface area contributed by atoms with Crippen molar-refractivity contribution in [3.8, 4) is 0 Å². The lowest BCUT2D eigenvalue weighted by molar-refractivity contribution is 0.328. The zero-order valence-electron chi connectivity index (χ0n) is 11.6. The Hall–Kier alpha value is -0.790. The smallest absolute Gasteiger partial charge is 0.194 e. The van der Waals surface area contributed by atoms with Crippen LogP contribution in [-0.2, 0) is 12.8 Å². The van der Waals surface area contributed by atoms with Gasteiger partial charge in [0.1, 0.15) is 5.76 Å². The highest BCUT2D eigenvalue weighted by atomic mass is 16.4. The summed E-state index contributed by atoms with van der Waals surface area (Å²) in [5.41, 5.74) is 0.600. The molecule has 1 heterocycles. The zero-order chi connectivity index (χ0) is 12.4. The molecule has 1 rings (SSSR count). The summed E-state index contributed by atoms with van der Waals surface area (Å²) in [4.78, 5) is 4.34. The second kappa shape index (κ2) is 4.60. The van der Waals surface area contributed by atoms with Crippen molar-refractivity contribution in [2.75, 3.05) is 0 Å². The number of aromatic nitrogens is 1. The van der Waals surface area contributed by atoms with Gasteiger partial charge in [-0.25, -0.2) is 4.98 Å². The van der Waals surface area contributed by atoms with Crippen LogP contribution in [0, 0.1) is 10.8 Å². The second-order valence-electron chi connectivity index (χ2n) is 7.02. The van der Waals surface area contributed by atoms with Gasteiger partial charge in [-0.2, -0.15) is 0 Å². The standard InChI is InChI=1S/C14H25NO/c1-13(2,3)8-7-11-10-15-12(16-11)9-14(4,5)6/h10H,7-9H2,1-6H3. The molecule has 0 fully saturated rings. The van der Waals surface area contributed by atoms with Crippen LogP contribution >= 0.6 is 0 Å². The Morgan fingerprint density at radius 1 is 1.06 bits per heavy atom. The van der Waals surface area contributed by atoms with Crippen LogP contribution in [0.1, 0.15) is 59.6 Å². The van der Waals surface area contributed by atoms with Gasteiger partial charge in [0.15, 0.2) is 5.89 Å². The fourth-order valence-corrected chi connectivity index (χ4v) is 1.50. The molecular formula is C14H25NO. The fourth-order valence-electron chi connectivity index (χ4n) is 1.50. The Balaban J connectivity index is 2.52. The summed E-state index contributed by atoms with van der Waals surface area (Å²) in [5, 5.41) is 0. The number of rotatable bonds is 3. The van der Waals surface area contributed by atoms with Crippen LogP contribution in [0.2, 0.25) is 0 Å². The van der Waals surface area contributed by atoms with Crippen LogP contribution in [-0.4, -0.2) is 4.98 Å². The van der Waals surface area contributed by atoms with E-state index in [1.807, 2.05) is 6.20 Å². The van der Waals surface area contributed by atoms with Crippen molar-refractivity contribution in [1.29, 1.82) is 0 Å². The van der Waals surface area contributed by atoms with E-state index in [1.54, 1.807) is 0 Å². The third kappa shape index (κ3) is 5.34. The fraction of sp³-hybridized carbons (Fsp3) is 0.786. The molecular weight excluding hydrogens is 198 g/mol. The van der Waals surface area contributed by atoms with Gasteiger partial charge in [-0.3, -0.25) is 0 Å². The van der Waals surface area contributed by atoms with Crippen molar-refractivity contribution >= 4 is 0 Å². The van der Waals surface area contributed by atoms with E-state index in [2.05, 4.69) is 46.5 Å². The highest BCUT2D eigenvalue weighted by Crippen LogP contribution is 2.24. The predicted molar refractivity (Wildman–Crippen MR) is 67.4 cm³/mol. The van der Waals surface area contributed by atoms with Gasteiger partial charge < -0.3 is 4.42 Å². The maximum Gasteiger partial charge on any atom is 0.194 e. The van der Waals surface area contributed by atoms with Crippen LogP contribution in [0.15, 0.2) is 10.6 Å². The van der Waals surface area contributed by atoms with E-state index in [0.29, 0.717) is 5.41 Å². The molecule has 92 valence electrons. The van der Waals surface area contributed by atoms with Gasteiger partial charge in [0.05, 0.1) is 6.20 Å². The summed E-state index contributed by atoms with van der Waals surface area (Å²) >= 11 is 0. The molecule has 0 spiro atoms. The van der Waals surface area contributed by atoms with E-state index in [0.717, 1.165) is 30.9 Å². The summed E-state index contributed by atoms with van der Waals surface area (Å²) in [6.07, 6.45) is 4.91. The van der Waals surface area contributed by atoms with E-state index in [4.69, 9.17) is 4.42 Å². The van der Waals surface area contributed by atoms with Crippen molar-refractivity contribution in [1.82, 2.24) is 4.98 Å². The summed E-state index contributed by atoms with van der Waals surface area (Å²) in [5.74, 6) is 1.89. The molecule has 0 bridgehead atoms. The van der Waals surface area contributed by atoms with Gasteiger partial charge in [0.25, 0.3) is 0 Å². The van der Waals surface area contributed by atoms with Crippen LogP contribution in [0.3, 0.4) is 0 Å². The molecule has 0 N–H and O–H groups in total. The summed E-state index contributed by atoms with van der Waals surface area (Å²) in [7, 11) is 0. The molecule has 16 heavy (non-hydrogen) atoms. The SMILES string of the molecule is CC(C)(C)CCc1cnc(CC(C)(C)C)o1. The molecule has 0 atom stereocenters. The molecule has 0 saturated carbocycles. The lowest BCUT2D eigenvalue weighted by Crippen LogP contribution is -2.09. The summed E-state index contributed by atoms with van der Waals surface area (Å²) < 4.78 is 5.74. The quantitative estimate of drug-likeness (QED) is 0.766. The highest BCUT2D eigenvalue weighted by Gasteiger charge is 2.16. The molecule has 0 aliphatic heterocycles.